The Bertz CT molecular complexity index is 653. The molecule has 12 nitrogen and oxygen atoms in total. The summed E-state index contributed by atoms with van der Waals surface area (Å²) in [5, 5.41) is 0. The zero-order valence-corrected chi connectivity index (χ0v) is 17.5. The van der Waals surface area contributed by atoms with Crippen molar-refractivity contribution in [2.75, 3.05) is 13.1 Å². The first-order valence-electron chi connectivity index (χ1n) is 10.1. The molecule has 0 amide bonds. The highest BCUT2D eigenvalue weighted by atomic mass is 16.6. The minimum absolute atomic E-state index is 0.258. The van der Waals surface area contributed by atoms with Gasteiger partial charge < -0.3 is 32.4 Å². The van der Waals surface area contributed by atoms with E-state index in [-0.39, 0.29) is 12.8 Å². The average molecular weight is 444 g/mol. The fourth-order valence-corrected chi connectivity index (χ4v) is 2.30. The van der Waals surface area contributed by atoms with E-state index in [1.54, 1.807) is 0 Å². The molecular weight excluding hydrogens is 412 g/mol. The maximum absolute atomic E-state index is 11.8. The first kappa shape index (κ1) is 28.5. The van der Waals surface area contributed by atoms with Crippen LogP contribution < -0.4 is 22.9 Å². The summed E-state index contributed by atoms with van der Waals surface area (Å²) in [6.45, 7) is 0.876. The quantitative estimate of drug-likeness (QED) is 0.0908. The van der Waals surface area contributed by atoms with Crippen LogP contribution in [0.5, 0.6) is 0 Å². The first-order chi connectivity index (χ1) is 14.6. The Morgan fingerprint density at radius 2 is 1.06 bits per heavy atom. The summed E-state index contributed by atoms with van der Waals surface area (Å²) in [7, 11) is 0. The highest BCUT2D eigenvalue weighted by Crippen LogP contribution is 2.05. The minimum Gasteiger partial charge on any atom is -0.392 e. The lowest BCUT2D eigenvalue weighted by Crippen LogP contribution is -2.35. The smallest absolute Gasteiger partial charge is 0.330 e. The van der Waals surface area contributed by atoms with E-state index in [0.29, 0.717) is 38.8 Å². The molecule has 0 aliphatic rings. The van der Waals surface area contributed by atoms with Gasteiger partial charge in [-0.2, -0.15) is 0 Å². The number of hydrogen-bond donors (Lipinski definition) is 4. The second-order valence-electron chi connectivity index (χ2n) is 6.89. The van der Waals surface area contributed by atoms with Crippen molar-refractivity contribution in [3.05, 3.63) is 0 Å². The Morgan fingerprint density at radius 3 is 1.52 bits per heavy atom. The van der Waals surface area contributed by atoms with Crippen LogP contribution >= 0.6 is 0 Å². The largest absolute Gasteiger partial charge is 0.392 e. The predicted octanol–water partition coefficient (Wildman–Crippen LogP) is -1.65. The Balaban J connectivity index is 4.26. The van der Waals surface area contributed by atoms with Gasteiger partial charge in [-0.1, -0.05) is 12.8 Å². The van der Waals surface area contributed by atoms with Crippen molar-refractivity contribution in [3.8, 4) is 0 Å². The van der Waals surface area contributed by atoms with Crippen LogP contribution in [-0.2, 0) is 38.2 Å². The van der Waals surface area contributed by atoms with Gasteiger partial charge in [-0.15, -0.1) is 0 Å². The van der Waals surface area contributed by atoms with Crippen molar-refractivity contribution in [1.29, 1.82) is 0 Å². The SMILES string of the molecule is NCCCC[C@H](N)C(=O)OC(=O)CCC(=O)C(=O)CC(=O)OC(=O)[C@@H](N)CCCCN. The van der Waals surface area contributed by atoms with Crippen LogP contribution in [0.25, 0.3) is 0 Å². The number of Topliss-reactive ketones (excluding diaryl/α,β-unsaturated/α-hetero) is 2. The van der Waals surface area contributed by atoms with Crippen LogP contribution in [0.4, 0.5) is 0 Å². The summed E-state index contributed by atoms with van der Waals surface area (Å²) in [4.78, 5) is 70.1. The fraction of sp³-hybridized carbons (Fsp3) is 0.684. The van der Waals surface area contributed by atoms with Crippen molar-refractivity contribution in [3.63, 3.8) is 0 Å². The molecule has 31 heavy (non-hydrogen) atoms. The van der Waals surface area contributed by atoms with E-state index in [2.05, 4.69) is 9.47 Å². The van der Waals surface area contributed by atoms with Crippen LogP contribution in [0.1, 0.15) is 57.8 Å². The minimum atomic E-state index is -1.22. The van der Waals surface area contributed by atoms with Crippen LogP contribution in [-0.4, -0.2) is 60.6 Å². The van der Waals surface area contributed by atoms with Crippen molar-refractivity contribution in [1.82, 2.24) is 0 Å². The third-order valence-corrected chi connectivity index (χ3v) is 4.14. The third kappa shape index (κ3) is 13.4. The second kappa shape index (κ2) is 16.2. The Hall–Kier alpha value is -2.54. The molecule has 0 aromatic heterocycles. The van der Waals surface area contributed by atoms with Gasteiger partial charge in [-0.25, -0.2) is 9.59 Å². The predicted molar refractivity (Wildman–Crippen MR) is 108 cm³/mol. The van der Waals surface area contributed by atoms with Crippen LogP contribution in [0.15, 0.2) is 0 Å². The van der Waals surface area contributed by atoms with Crippen molar-refractivity contribution < 1.29 is 38.2 Å². The Labute approximate surface area is 180 Å². The van der Waals surface area contributed by atoms with Gasteiger partial charge >= 0.3 is 23.9 Å². The maximum atomic E-state index is 11.8. The summed E-state index contributed by atoms with van der Waals surface area (Å²) in [5.74, 6) is -6.39. The molecule has 0 saturated heterocycles. The number of unbranched alkanes of at least 4 members (excludes halogenated alkanes) is 2. The van der Waals surface area contributed by atoms with Crippen LogP contribution in [0.2, 0.25) is 0 Å². The summed E-state index contributed by atoms with van der Waals surface area (Å²) < 4.78 is 8.96. The molecule has 2 atom stereocenters. The van der Waals surface area contributed by atoms with E-state index >= 15 is 0 Å². The van der Waals surface area contributed by atoms with E-state index in [0.717, 1.165) is 0 Å². The van der Waals surface area contributed by atoms with Gasteiger partial charge in [0.2, 0.25) is 5.78 Å². The number of carbonyl (C=O) groups excluding carboxylic acids is 6. The first-order valence-corrected chi connectivity index (χ1v) is 10.1. The molecule has 176 valence electrons. The molecule has 0 spiro atoms. The molecule has 0 rings (SSSR count). The lowest BCUT2D eigenvalue weighted by Gasteiger charge is -2.10. The summed E-state index contributed by atoms with van der Waals surface area (Å²) in [6.07, 6.45) is 0.918. The maximum Gasteiger partial charge on any atom is 0.330 e. The number of ketones is 2. The topological polar surface area (TPSA) is 225 Å². The number of rotatable bonds is 16. The van der Waals surface area contributed by atoms with Gasteiger partial charge in [0, 0.05) is 6.42 Å². The summed E-state index contributed by atoms with van der Waals surface area (Å²) in [6, 6.07) is -2.04. The van der Waals surface area contributed by atoms with Crippen molar-refractivity contribution in [2.45, 2.75) is 69.9 Å². The molecule has 12 heteroatoms. The molecule has 0 aromatic carbocycles. The highest BCUT2D eigenvalue weighted by molar-refractivity contribution is 6.40. The number of carbonyl (C=O) groups is 6. The average Bonchev–Trinajstić information content (AvgIpc) is 2.71. The molecule has 0 saturated carbocycles. The van der Waals surface area contributed by atoms with Gasteiger partial charge in [0.1, 0.15) is 18.5 Å². The van der Waals surface area contributed by atoms with Gasteiger partial charge in [0.15, 0.2) is 5.78 Å². The van der Waals surface area contributed by atoms with Gasteiger partial charge in [-0.05, 0) is 38.8 Å². The zero-order chi connectivity index (χ0) is 23.8. The lowest BCUT2D eigenvalue weighted by molar-refractivity contribution is -0.162. The molecule has 0 aliphatic carbocycles. The van der Waals surface area contributed by atoms with Gasteiger partial charge in [-0.3, -0.25) is 19.2 Å². The molecule has 0 heterocycles. The molecule has 8 N–H and O–H groups in total. The van der Waals surface area contributed by atoms with E-state index in [9.17, 15) is 28.8 Å². The van der Waals surface area contributed by atoms with E-state index in [4.69, 9.17) is 22.9 Å². The van der Waals surface area contributed by atoms with Crippen molar-refractivity contribution >= 4 is 35.4 Å². The Morgan fingerprint density at radius 1 is 0.613 bits per heavy atom. The standard InChI is InChI=1S/C19H32N4O8/c20-9-3-1-5-12(22)18(28)30-16(26)8-7-14(24)15(25)11-17(27)31-19(29)13(23)6-2-4-10-21/h12-13H,1-11,20-23H2/t12-,13-/m0/s1. The lowest BCUT2D eigenvalue weighted by atomic mass is 10.1. The van der Waals surface area contributed by atoms with E-state index < -0.39 is 66.8 Å². The number of hydrogen-bond acceptors (Lipinski definition) is 12. The molecule has 0 aliphatic heterocycles. The van der Waals surface area contributed by atoms with Crippen LogP contribution in [0.3, 0.4) is 0 Å². The monoisotopic (exact) mass is 444 g/mol. The van der Waals surface area contributed by atoms with Gasteiger partial charge in [0.25, 0.3) is 0 Å². The molecule has 0 bridgehead atoms. The highest BCUT2D eigenvalue weighted by Gasteiger charge is 2.25. The normalized spacial score (nSPS) is 12.5. The number of ether oxygens (including phenoxy) is 2. The van der Waals surface area contributed by atoms with Crippen molar-refractivity contribution in [2.24, 2.45) is 22.9 Å². The summed E-state index contributed by atoms with van der Waals surface area (Å²) in [5.41, 5.74) is 21.8. The molecule has 0 radical (unpaired) electrons. The number of nitrogens with two attached hydrogens (primary N) is 4. The van der Waals surface area contributed by atoms with E-state index in [1.807, 2.05) is 0 Å². The fourth-order valence-electron chi connectivity index (χ4n) is 2.30. The molecular formula is C19H32N4O8. The third-order valence-electron chi connectivity index (χ3n) is 4.14. The zero-order valence-electron chi connectivity index (χ0n) is 17.5. The molecule has 0 aromatic rings. The van der Waals surface area contributed by atoms with Gasteiger partial charge in [0.05, 0.1) is 6.42 Å². The molecule has 0 unspecified atom stereocenters. The second-order valence-corrected chi connectivity index (χ2v) is 6.89. The summed E-state index contributed by atoms with van der Waals surface area (Å²) >= 11 is 0. The van der Waals surface area contributed by atoms with E-state index in [1.165, 1.54) is 0 Å². The molecule has 0 fully saturated rings. The van der Waals surface area contributed by atoms with Crippen LogP contribution in [0, 0.1) is 0 Å². The number of esters is 4. The Kier molecular flexibility index (Phi) is 14.9.